The second-order valence-electron chi connectivity index (χ2n) is 4.49. The van der Waals surface area contributed by atoms with Gasteiger partial charge in [0.05, 0.1) is 5.16 Å². The summed E-state index contributed by atoms with van der Waals surface area (Å²) in [6.07, 6.45) is 6.48. The molecule has 5 heteroatoms. The molecule has 0 bridgehead atoms. The zero-order chi connectivity index (χ0) is 13.4. The first-order chi connectivity index (χ1) is 8.05. The SMILES string of the molecule is CCCCCCC(N)(CC)[Si](OC)(OC)OC. The standard InChI is InChI=1S/C12H29NO3Si/c1-6-8-9-10-11-12(13,7-2)17(14-3,15-4)16-5/h6-11,13H2,1-5H3. The molecule has 4 nitrogen and oxygen atoms in total. The van der Waals surface area contributed by atoms with Gasteiger partial charge in [-0.05, 0) is 12.8 Å². The molecule has 2 N–H and O–H groups in total. The van der Waals surface area contributed by atoms with Crippen molar-refractivity contribution in [1.29, 1.82) is 0 Å². The van der Waals surface area contributed by atoms with Gasteiger partial charge in [0, 0.05) is 21.3 Å². The van der Waals surface area contributed by atoms with E-state index in [9.17, 15) is 0 Å². The van der Waals surface area contributed by atoms with Gasteiger partial charge in [0.2, 0.25) is 0 Å². The largest absolute Gasteiger partial charge is 0.521 e. The lowest BCUT2D eigenvalue weighted by Crippen LogP contribution is -2.68. The Morgan fingerprint density at radius 2 is 1.47 bits per heavy atom. The summed E-state index contributed by atoms with van der Waals surface area (Å²) in [6.45, 7) is 4.27. The van der Waals surface area contributed by atoms with Crippen molar-refractivity contribution in [3.63, 3.8) is 0 Å². The van der Waals surface area contributed by atoms with Crippen LogP contribution in [0.4, 0.5) is 0 Å². The Kier molecular flexibility index (Phi) is 8.24. The van der Waals surface area contributed by atoms with Crippen molar-refractivity contribution in [2.75, 3.05) is 21.3 Å². The third-order valence-corrected chi connectivity index (χ3v) is 6.96. The molecule has 1 unspecified atom stereocenters. The molecule has 0 amide bonds. The lowest BCUT2D eigenvalue weighted by molar-refractivity contribution is 0.0867. The first-order valence-corrected chi connectivity index (χ1v) is 8.22. The minimum atomic E-state index is -2.75. The Hall–Kier alpha value is 0.0569. The summed E-state index contributed by atoms with van der Waals surface area (Å²) in [4.78, 5) is 0. The Balaban J connectivity index is 4.60. The Labute approximate surface area is 107 Å². The van der Waals surface area contributed by atoms with E-state index in [1.54, 1.807) is 21.3 Å². The molecule has 1 atom stereocenters. The molecule has 0 saturated carbocycles. The van der Waals surface area contributed by atoms with Crippen LogP contribution in [0, 0.1) is 0 Å². The fourth-order valence-electron chi connectivity index (χ4n) is 2.27. The monoisotopic (exact) mass is 263 g/mol. The third-order valence-electron chi connectivity index (χ3n) is 3.52. The predicted molar refractivity (Wildman–Crippen MR) is 72.7 cm³/mol. The van der Waals surface area contributed by atoms with Crippen LogP contribution in [-0.2, 0) is 13.3 Å². The maximum atomic E-state index is 6.48. The number of hydrogen-bond acceptors (Lipinski definition) is 4. The normalized spacial score (nSPS) is 15.9. The third kappa shape index (κ3) is 4.03. The van der Waals surface area contributed by atoms with Crippen LogP contribution in [0.1, 0.15) is 52.4 Å². The molecule has 0 heterocycles. The molecule has 17 heavy (non-hydrogen) atoms. The first-order valence-electron chi connectivity index (χ1n) is 6.50. The molecular formula is C12H29NO3Si. The molecule has 0 fully saturated rings. The van der Waals surface area contributed by atoms with E-state index in [1.165, 1.54) is 19.3 Å². The van der Waals surface area contributed by atoms with Crippen LogP contribution in [0.2, 0.25) is 0 Å². The lowest BCUT2D eigenvalue weighted by Gasteiger charge is -2.40. The molecule has 0 spiro atoms. The molecule has 0 saturated heterocycles. The minimum Gasteiger partial charge on any atom is -0.376 e. The average molecular weight is 263 g/mol. The Morgan fingerprint density at radius 1 is 0.941 bits per heavy atom. The molecule has 0 rings (SSSR count). The molecule has 0 aromatic carbocycles. The van der Waals surface area contributed by atoms with Gasteiger partial charge in [-0.3, -0.25) is 0 Å². The fraction of sp³-hybridized carbons (Fsp3) is 1.00. The van der Waals surface area contributed by atoms with Crippen molar-refractivity contribution in [3.8, 4) is 0 Å². The van der Waals surface area contributed by atoms with E-state index in [1.807, 2.05) is 0 Å². The van der Waals surface area contributed by atoms with Gasteiger partial charge in [-0.1, -0.05) is 39.5 Å². The predicted octanol–water partition coefficient (Wildman–Crippen LogP) is 2.48. The number of rotatable bonds is 10. The highest BCUT2D eigenvalue weighted by Crippen LogP contribution is 2.29. The zero-order valence-electron chi connectivity index (χ0n) is 12.0. The van der Waals surface area contributed by atoms with Crippen LogP contribution in [0.25, 0.3) is 0 Å². The highest BCUT2D eigenvalue weighted by atomic mass is 28.4. The van der Waals surface area contributed by atoms with Gasteiger partial charge in [0.15, 0.2) is 0 Å². The summed E-state index contributed by atoms with van der Waals surface area (Å²) in [7, 11) is 2.13. The number of unbranched alkanes of at least 4 members (excludes halogenated alkanes) is 3. The summed E-state index contributed by atoms with van der Waals surface area (Å²) in [5.74, 6) is 0. The average Bonchev–Trinajstić information content (AvgIpc) is 2.37. The summed E-state index contributed by atoms with van der Waals surface area (Å²) in [6, 6.07) is 0. The summed E-state index contributed by atoms with van der Waals surface area (Å²) in [5.41, 5.74) is 6.48. The Bertz CT molecular complexity index is 192. The molecule has 0 aromatic rings. The molecule has 0 radical (unpaired) electrons. The van der Waals surface area contributed by atoms with Crippen molar-refractivity contribution in [1.82, 2.24) is 0 Å². The molecular weight excluding hydrogens is 234 g/mol. The smallest absolute Gasteiger partial charge is 0.376 e. The quantitative estimate of drug-likeness (QED) is 0.486. The number of nitrogens with two attached hydrogens (primary N) is 1. The second-order valence-corrected chi connectivity index (χ2v) is 7.82. The van der Waals surface area contributed by atoms with Gasteiger partial charge < -0.3 is 19.0 Å². The van der Waals surface area contributed by atoms with E-state index >= 15 is 0 Å². The van der Waals surface area contributed by atoms with Crippen LogP contribution in [0.15, 0.2) is 0 Å². The van der Waals surface area contributed by atoms with E-state index in [4.69, 9.17) is 19.0 Å². The van der Waals surface area contributed by atoms with Crippen LogP contribution in [0.5, 0.6) is 0 Å². The van der Waals surface area contributed by atoms with E-state index in [2.05, 4.69) is 13.8 Å². The molecule has 0 aliphatic rings. The van der Waals surface area contributed by atoms with Gasteiger partial charge in [0.1, 0.15) is 0 Å². The maximum absolute atomic E-state index is 6.48. The van der Waals surface area contributed by atoms with Crippen LogP contribution >= 0.6 is 0 Å². The van der Waals surface area contributed by atoms with Crippen LogP contribution in [0.3, 0.4) is 0 Å². The van der Waals surface area contributed by atoms with E-state index in [0.717, 1.165) is 19.3 Å². The molecule has 0 aromatic heterocycles. The van der Waals surface area contributed by atoms with E-state index in [0.29, 0.717) is 0 Å². The van der Waals surface area contributed by atoms with Crippen molar-refractivity contribution < 1.29 is 13.3 Å². The lowest BCUT2D eigenvalue weighted by atomic mass is 10.1. The topological polar surface area (TPSA) is 53.7 Å². The Morgan fingerprint density at radius 3 is 1.82 bits per heavy atom. The zero-order valence-corrected chi connectivity index (χ0v) is 13.0. The maximum Gasteiger partial charge on any atom is 0.521 e. The summed E-state index contributed by atoms with van der Waals surface area (Å²) in [5, 5.41) is -0.473. The van der Waals surface area contributed by atoms with Crippen molar-refractivity contribution in [2.24, 2.45) is 5.73 Å². The molecule has 0 aliphatic carbocycles. The summed E-state index contributed by atoms with van der Waals surface area (Å²) < 4.78 is 16.6. The summed E-state index contributed by atoms with van der Waals surface area (Å²) >= 11 is 0. The van der Waals surface area contributed by atoms with E-state index < -0.39 is 14.0 Å². The minimum absolute atomic E-state index is 0.473. The van der Waals surface area contributed by atoms with Gasteiger partial charge in [-0.25, -0.2) is 0 Å². The fourth-order valence-corrected chi connectivity index (χ4v) is 4.91. The molecule has 0 aliphatic heterocycles. The van der Waals surface area contributed by atoms with E-state index in [-0.39, 0.29) is 0 Å². The highest BCUT2D eigenvalue weighted by Gasteiger charge is 2.56. The van der Waals surface area contributed by atoms with Gasteiger partial charge >= 0.3 is 8.80 Å². The highest BCUT2D eigenvalue weighted by molar-refractivity contribution is 6.64. The van der Waals surface area contributed by atoms with Gasteiger partial charge in [0.25, 0.3) is 0 Å². The first kappa shape index (κ1) is 17.1. The van der Waals surface area contributed by atoms with Crippen LogP contribution in [-0.4, -0.2) is 35.3 Å². The van der Waals surface area contributed by atoms with Crippen molar-refractivity contribution >= 4 is 8.80 Å². The van der Waals surface area contributed by atoms with Gasteiger partial charge in [-0.2, -0.15) is 0 Å². The van der Waals surface area contributed by atoms with Gasteiger partial charge in [-0.15, -0.1) is 0 Å². The second kappa shape index (κ2) is 8.21. The number of hydrogen-bond donors (Lipinski definition) is 1. The van der Waals surface area contributed by atoms with Crippen LogP contribution < -0.4 is 5.73 Å². The van der Waals surface area contributed by atoms with Crippen molar-refractivity contribution in [2.45, 2.75) is 57.5 Å². The van der Waals surface area contributed by atoms with Crippen molar-refractivity contribution in [3.05, 3.63) is 0 Å². The molecule has 104 valence electrons.